The maximum absolute atomic E-state index is 12.9. The molecule has 1 aliphatic rings. The summed E-state index contributed by atoms with van der Waals surface area (Å²) in [6, 6.07) is 2.79. The van der Waals surface area contributed by atoms with Gasteiger partial charge in [-0.05, 0) is 37.6 Å². The molecule has 27 heavy (non-hydrogen) atoms. The quantitative estimate of drug-likeness (QED) is 0.428. The highest BCUT2D eigenvalue weighted by Gasteiger charge is 2.35. The van der Waals surface area contributed by atoms with E-state index in [4.69, 9.17) is 9.05 Å². The van der Waals surface area contributed by atoms with Crippen molar-refractivity contribution in [2.45, 2.75) is 26.4 Å². The molecule has 0 aromatic heterocycles. The number of hydrogen-bond donors (Lipinski definition) is 0. The molecule has 2 rings (SSSR count). The van der Waals surface area contributed by atoms with Crippen LogP contribution in [0.4, 0.5) is 18.9 Å². The smallest absolute Gasteiger partial charge is 0.300 e. The number of amides is 1. The van der Waals surface area contributed by atoms with Crippen molar-refractivity contribution in [2.24, 2.45) is 0 Å². The van der Waals surface area contributed by atoms with Gasteiger partial charge in [0.2, 0.25) is 5.78 Å². The molecule has 0 atom stereocenters. The van der Waals surface area contributed by atoms with Crippen LogP contribution in [-0.4, -0.2) is 31.4 Å². The summed E-state index contributed by atoms with van der Waals surface area (Å²) in [4.78, 5) is 25.0. The van der Waals surface area contributed by atoms with Crippen molar-refractivity contribution in [3.05, 3.63) is 29.3 Å². The number of nitrogens with zero attached hydrogens (tertiary/aromatic N) is 1. The Kier molecular flexibility index (Phi) is 6.47. The van der Waals surface area contributed by atoms with Crippen molar-refractivity contribution in [3.8, 4) is 11.6 Å². The third kappa shape index (κ3) is 4.98. The van der Waals surface area contributed by atoms with Gasteiger partial charge in [-0.3, -0.25) is 23.5 Å². The summed E-state index contributed by atoms with van der Waals surface area (Å²) < 4.78 is 60.9. The number of benzene rings is 1. The van der Waals surface area contributed by atoms with Crippen LogP contribution < -0.4 is 4.90 Å². The number of Topliss-reactive ketones (excluding diaryl/α,β-unsaturated/α-hetero) is 1. The molecular formula is C17H17F3NO5P. The highest BCUT2D eigenvalue weighted by atomic mass is 31.2. The largest absolute Gasteiger partial charge is 0.416 e. The van der Waals surface area contributed by atoms with Crippen molar-refractivity contribution in [1.29, 1.82) is 0 Å². The molecule has 0 N–H and O–H groups in total. The summed E-state index contributed by atoms with van der Waals surface area (Å²) >= 11 is 0. The Morgan fingerprint density at radius 3 is 2.37 bits per heavy atom. The molecule has 1 heterocycles. The van der Waals surface area contributed by atoms with Crippen LogP contribution >= 0.6 is 7.60 Å². The van der Waals surface area contributed by atoms with Crippen molar-refractivity contribution >= 4 is 25.0 Å². The fourth-order valence-electron chi connectivity index (χ4n) is 2.49. The van der Waals surface area contributed by atoms with Gasteiger partial charge in [0.25, 0.3) is 5.91 Å². The Morgan fingerprint density at radius 1 is 1.19 bits per heavy atom. The van der Waals surface area contributed by atoms with E-state index in [1.54, 1.807) is 13.8 Å². The lowest BCUT2D eigenvalue weighted by Crippen LogP contribution is -2.42. The molecule has 0 unspecified atom stereocenters. The number of hydrogen-bond acceptors (Lipinski definition) is 5. The van der Waals surface area contributed by atoms with Gasteiger partial charge in [-0.1, -0.05) is 5.92 Å². The topological polar surface area (TPSA) is 72.9 Å². The molecule has 146 valence electrons. The minimum Gasteiger partial charge on any atom is -0.300 e. The van der Waals surface area contributed by atoms with Crippen molar-refractivity contribution in [2.75, 3.05) is 24.7 Å². The number of carbonyl (C=O) groups is 2. The molecule has 1 aromatic rings. The molecule has 10 heteroatoms. The third-order valence-electron chi connectivity index (χ3n) is 3.58. The maximum atomic E-state index is 12.9. The molecular weight excluding hydrogens is 386 g/mol. The van der Waals surface area contributed by atoms with E-state index >= 15 is 0 Å². The Bertz CT molecular complexity index is 846. The number of carbonyl (C=O) groups excluding carboxylic acids is 2. The fourth-order valence-corrected chi connectivity index (χ4v) is 3.63. The molecule has 6 nitrogen and oxygen atoms in total. The molecule has 0 radical (unpaired) electrons. The Balaban J connectivity index is 2.33. The highest BCUT2D eigenvalue weighted by molar-refractivity contribution is 7.59. The predicted octanol–water partition coefficient (Wildman–Crippen LogP) is 3.39. The monoisotopic (exact) mass is 403 g/mol. The molecule has 0 saturated carbocycles. The normalized spacial score (nSPS) is 14.6. The van der Waals surface area contributed by atoms with Crippen LogP contribution in [-0.2, 0) is 35.8 Å². The average Bonchev–Trinajstić information content (AvgIpc) is 2.57. The van der Waals surface area contributed by atoms with Gasteiger partial charge in [0.1, 0.15) is 0 Å². The zero-order valence-corrected chi connectivity index (χ0v) is 15.5. The zero-order chi connectivity index (χ0) is 20.2. The maximum Gasteiger partial charge on any atom is 0.416 e. The molecule has 1 aromatic carbocycles. The van der Waals surface area contributed by atoms with Gasteiger partial charge in [-0.25, -0.2) is 4.57 Å². The summed E-state index contributed by atoms with van der Waals surface area (Å²) in [6.45, 7) is 3.06. The lowest BCUT2D eigenvalue weighted by Gasteiger charge is -2.27. The lowest BCUT2D eigenvalue weighted by atomic mass is 9.97. The number of rotatable bonds is 5. The Morgan fingerprint density at radius 2 is 1.81 bits per heavy atom. The van der Waals surface area contributed by atoms with Crippen molar-refractivity contribution in [3.63, 3.8) is 0 Å². The molecule has 0 saturated heterocycles. The van der Waals surface area contributed by atoms with Gasteiger partial charge < -0.3 is 0 Å². The minimum absolute atomic E-state index is 0.0778. The van der Waals surface area contributed by atoms with Crippen LogP contribution in [0, 0.1) is 11.6 Å². The standard InChI is InChI=1S/C17H17F3NO5P/c1-3-25-27(24,26-4-2)9-5-8-21-14-7-6-13(17(18,19)20)10-12(14)11-15(22)16(21)23/h6-7,10H,3-4,8,11H2,1-2H3. The Hall–Kier alpha value is -2.14. The number of fused-ring (bicyclic) bond motifs is 1. The first-order chi connectivity index (χ1) is 12.6. The Labute approximate surface area is 154 Å². The minimum atomic E-state index is -4.56. The van der Waals surface area contributed by atoms with Crippen molar-refractivity contribution < 1.29 is 36.4 Å². The van der Waals surface area contributed by atoms with Crippen molar-refractivity contribution in [1.82, 2.24) is 0 Å². The van der Waals surface area contributed by atoms with E-state index in [9.17, 15) is 27.3 Å². The van der Waals surface area contributed by atoms with E-state index in [1.807, 2.05) is 0 Å². The molecule has 1 aliphatic heterocycles. The first-order valence-electron chi connectivity index (χ1n) is 8.05. The van der Waals surface area contributed by atoms with E-state index in [0.29, 0.717) is 0 Å². The number of halogens is 3. The zero-order valence-electron chi connectivity index (χ0n) is 14.6. The predicted molar refractivity (Wildman–Crippen MR) is 91.1 cm³/mol. The first kappa shape index (κ1) is 21.2. The summed E-state index contributed by atoms with van der Waals surface area (Å²) in [5.41, 5.74) is 1.65. The van der Waals surface area contributed by atoms with Gasteiger partial charge in [-0.2, -0.15) is 13.2 Å². The van der Waals surface area contributed by atoms with Crippen LogP contribution in [0.25, 0.3) is 0 Å². The van der Waals surface area contributed by atoms with Gasteiger partial charge in [0.15, 0.2) is 0 Å². The lowest BCUT2D eigenvalue weighted by molar-refractivity contribution is -0.138. The van der Waals surface area contributed by atoms with Gasteiger partial charge in [0.05, 0.1) is 25.3 Å². The highest BCUT2D eigenvalue weighted by Crippen LogP contribution is 2.46. The second-order valence-corrected chi connectivity index (χ2v) is 7.19. The number of ketones is 1. The molecule has 1 amide bonds. The first-order valence-corrected chi connectivity index (χ1v) is 9.59. The average molecular weight is 403 g/mol. The number of alkyl halides is 3. The van der Waals surface area contributed by atoms with E-state index in [2.05, 4.69) is 11.6 Å². The van der Waals surface area contributed by atoms with Crippen LogP contribution in [0.3, 0.4) is 0 Å². The molecule has 0 fully saturated rings. The molecule has 0 aliphatic carbocycles. The van der Waals surface area contributed by atoms with E-state index < -0.39 is 37.4 Å². The van der Waals surface area contributed by atoms with Crippen LogP contribution in [0.15, 0.2) is 18.2 Å². The van der Waals surface area contributed by atoms with Crippen LogP contribution in [0.5, 0.6) is 0 Å². The van der Waals surface area contributed by atoms with Gasteiger partial charge in [0, 0.05) is 17.8 Å². The summed E-state index contributed by atoms with van der Waals surface area (Å²) in [7, 11) is -3.67. The number of anilines is 1. The van der Waals surface area contributed by atoms with E-state index in [-0.39, 0.29) is 31.0 Å². The summed E-state index contributed by atoms with van der Waals surface area (Å²) in [5.74, 6) is 0.734. The fraction of sp³-hybridized carbons (Fsp3) is 0.412. The SMILES string of the molecule is CCOP(=O)(C#CCN1C(=O)C(=O)Cc2cc(C(F)(F)F)ccc21)OCC. The second-order valence-electron chi connectivity index (χ2n) is 5.45. The van der Waals surface area contributed by atoms with Crippen LogP contribution in [0.1, 0.15) is 25.0 Å². The summed E-state index contributed by atoms with van der Waals surface area (Å²) in [5, 5.41) is 0. The van der Waals surface area contributed by atoms with Crippen LogP contribution in [0.2, 0.25) is 0 Å². The van der Waals surface area contributed by atoms with Gasteiger partial charge in [-0.15, -0.1) is 0 Å². The van der Waals surface area contributed by atoms with E-state index in [1.165, 1.54) is 0 Å². The molecule has 0 spiro atoms. The summed E-state index contributed by atoms with van der Waals surface area (Å²) in [6.07, 6.45) is -4.98. The van der Waals surface area contributed by atoms with Gasteiger partial charge >= 0.3 is 13.8 Å². The molecule has 0 bridgehead atoms. The van der Waals surface area contributed by atoms with E-state index in [0.717, 1.165) is 23.1 Å². The third-order valence-corrected chi connectivity index (χ3v) is 5.21. The second kappa shape index (κ2) is 8.26.